The molecule has 29 heavy (non-hydrogen) atoms. The van der Waals surface area contributed by atoms with Crippen LogP contribution in [0.1, 0.15) is 24.8 Å². The molecule has 0 aromatic heterocycles. The Balaban J connectivity index is 1.48. The van der Waals surface area contributed by atoms with E-state index < -0.39 is 10.0 Å². The molecule has 1 aliphatic heterocycles. The summed E-state index contributed by atoms with van der Waals surface area (Å²) in [5.41, 5.74) is 0.866. The van der Waals surface area contributed by atoms with Crippen LogP contribution in [0.5, 0.6) is 5.75 Å². The molecule has 0 spiro atoms. The van der Waals surface area contributed by atoms with Crippen LogP contribution in [0.25, 0.3) is 0 Å². The van der Waals surface area contributed by atoms with Crippen molar-refractivity contribution in [1.82, 2.24) is 9.62 Å². The Morgan fingerprint density at radius 1 is 1.03 bits per heavy atom. The summed E-state index contributed by atoms with van der Waals surface area (Å²) in [4.78, 5) is 13.4. The molecule has 0 unspecified atom stereocenters. The molecule has 2 aromatic carbocycles. The van der Waals surface area contributed by atoms with Gasteiger partial charge in [-0.3, -0.25) is 4.79 Å². The fourth-order valence-electron chi connectivity index (χ4n) is 3.11. The van der Waals surface area contributed by atoms with Crippen molar-refractivity contribution >= 4 is 27.7 Å². The van der Waals surface area contributed by atoms with Gasteiger partial charge in [-0.1, -0.05) is 18.6 Å². The fourth-order valence-corrected chi connectivity index (χ4v) is 5.35. The second-order valence-electron chi connectivity index (χ2n) is 6.85. The molecule has 1 N–H and O–H groups in total. The second-order valence-corrected chi connectivity index (χ2v) is 9.84. The molecule has 1 saturated heterocycles. The van der Waals surface area contributed by atoms with E-state index in [-0.39, 0.29) is 5.91 Å². The number of nitrogens with zero attached hydrogens (tertiary/aromatic N) is 1. The lowest BCUT2D eigenvalue weighted by molar-refractivity contribution is -0.118. The maximum Gasteiger partial charge on any atom is 0.243 e. The lowest BCUT2D eigenvalue weighted by Crippen LogP contribution is -2.35. The van der Waals surface area contributed by atoms with Crippen LogP contribution in [0, 0.1) is 0 Å². The minimum atomic E-state index is -3.42. The number of hydrogen-bond acceptors (Lipinski definition) is 5. The van der Waals surface area contributed by atoms with E-state index in [1.165, 1.54) is 11.8 Å². The van der Waals surface area contributed by atoms with Crippen molar-refractivity contribution in [3.05, 3.63) is 54.1 Å². The average molecular weight is 435 g/mol. The predicted octanol–water partition coefficient (Wildman–Crippen LogP) is 3.28. The fraction of sp³-hybridized carbons (Fsp3) is 0.381. The monoisotopic (exact) mass is 434 g/mol. The molecule has 1 fully saturated rings. The normalized spacial score (nSPS) is 15.1. The first kappa shape index (κ1) is 21.7. The van der Waals surface area contributed by atoms with Crippen LogP contribution in [0.3, 0.4) is 0 Å². The summed E-state index contributed by atoms with van der Waals surface area (Å²) in [5, 5.41) is 2.87. The van der Waals surface area contributed by atoms with Crippen molar-refractivity contribution in [3.8, 4) is 5.75 Å². The summed E-state index contributed by atoms with van der Waals surface area (Å²) >= 11 is 1.45. The zero-order valence-corrected chi connectivity index (χ0v) is 18.1. The lowest BCUT2D eigenvalue weighted by Gasteiger charge is -2.25. The number of thioether (sulfide) groups is 1. The third-order valence-corrected chi connectivity index (χ3v) is 7.72. The van der Waals surface area contributed by atoms with Crippen LogP contribution < -0.4 is 10.1 Å². The van der Waals surface area contributed by atoms with Crippen LogP contribution in [0.2, 0.25) is 0 Å². The number of nitrogens with one attached hydrogen (secondary N) is 1. The Morgan fingerprint density at radius 3 is 2.31 bits per heavy atom. The summed E-state index contributed by atoms with van der Waals surface area (Å²) < 4.78 is 32.0. The van der Waals surface area contributed by atoms with Crippen molar-refractivity contribution in [3.63, 3.8) is 0 Å². The van der Waals surface area contributed by atoms with Crippen molar-refractivity contribution in [1.29, 1.82) is 0 Å². The number of methoxy groups -OCH3 is 1. The molecule has 0 radical (unpaired) electrons. The molecule has 2 aromatic rings. The molecule has 0 saturated carbocycles. The number of rotatable bonds is 8. The van der Waals surface area contributed by atoms with E-state index in [2.05, 4.69) is 5.32 Å². The maximum atomic E-state index is 12.7. The molecular weight excluding hydrogens is 408 g/mol. The standard InChI is InChI=1S/C21H26N2O4S2/c1-27-18-7-9-19(10-8-18)28-16-21(24)22-15-17-5-11-20(12-6-17)29(25,26)23-13-3-2-4-14-23/h5-12H,2-4,13-16H2,1H3,(H,22,24). The number of carbonyl (C=O) groups excluding carboxylic acids is 1. The summed E-state index contributed by atoms with van der Waals surface area (Å²) in [6, 6.07) is 14.3. The molecule has 0 atom stereocenters. The van der Waals surface area contributed by atoms with Gasteiger partial charge in [0.25, 0.3) is 0 Å². The summed E-state index contributed by atoms with van der Waals surface area (Å²) in [7, 11) is -1.80. The molecule has 8 heteroatoms. The maximum absolute atomic E-state index is 12.7. The van der Waals surface area contributed by atoms with Crippen molar-refractivity contribution in [2.24, 2.45) is 0 Å². The van der Waals surface area contributed by atoms with E-state index in [1.54, 1.807) is 35.7 Å². The lowest BCUT2D eigenvalue weighted by atomic mass is 10.2. The highest BCUT2D eigenvalue weighted by Gasteiger charge is 2.25. The van der Waals surface area contributed by atoms with Gasteiger partial charge in [0, 0.05) is 24.5 Å². The highest BCUT2D eigenvalue weighted by molar-refractivity contribution is 8.00. The van der Waals surface area contributed by atoms with Crippen LogP contribution in [-0.4, -0.2) is 44.6 Å². The van der Waals surface area contributed by atoms with Crippen LogP contribution >= 0.6 is 11.8 Å². The Kier molecular flexibility index (Phi) is 7.57. The largest absolute Gasteiger partial charge is 0.497 e. The third kappa shape index (κ3) is 5.98. The van der Waals surface area contributed by atoms with E-state index in [4.69, 9.17) is 4.74 Å². The molecule has 1 amide bonds. The highest BCUT2D eigenvalue weighted by Crippen LogP contribution is 2.22. The van der Waals surface area contributed by atoms with E-state index in [1.807, 2.05) is 24.3 Å². The van der Waals surface area contributed by atoms with Crippen molar-refractivity contribution in [2.45, 2.75) is 35.6 Å². The Labute approximate surface area is 176 Å². The number of benzene rings is 2. The van der Waals surface area contributed by atoms with E-state index in [0.29, 0.717) is 30.3 Å². The molecular formula is C21H26N2O4S2. The number of hydrogen-bond donors (Lipinski definition) is 1. The number of piperidine rings is 1. The zero-order valence-electron chi connectivity index (χ0n) is 16.5. The van der Waals surface area contributed by atoms with Gasteiger partial charge in [0.05, 0.1) is 17.8 Å². The SMILES string of the molecule is COc1ccc(SCC(=O)NCc2ccc(S(=O)(=O)N3CCCCC3)cc2)cc1. The average Bonchev–Trinajstić information content (AvgIpc) is 2.77. The Bertz CT molecular complexity index is 907. The minimum Gasteiger partial charge on any atom is -0.497 e. The van der Waals surface area contributed by atoms with Gasteiger partial charge >= 0.3 is 0 Å². The smallest absolute Gasteiger partial charge is 0.243 e. The molecule has 6 nitrogen and oxygen atoms in total. The predicted molar refractivity (Wildman–Crippen MR) is 115 cm³/mol. The van der Waals surface area contributed by atoms with E-state index in [0.717, 1.165) is 35.5 Å². The van der Waals surface area contributed by atoms with Crippen molar-refractivity contribution < 1.29 is 17.9 Å². The second kappa shape index (κ2) is 10.1. The molecule has 1 heterocycles. The van der Waals surface area contributed by atoms with Gasteiger partial charge in [-0.15, -0.1) is 11.8 Å². The van der Waals surface area contributed by atoms with Gasteiger partial charge in [-0.05, 0) is 54.8 Å². The summed E-state index contributed by atoms with van der Waals surface area (Å²) in [6.07, 6.45) is 2.91. The molecule has 0 aliphatic carbocycles. The number of carbonyl (C=O) groups is 1. The minimum absolute atomic E-state index is 0.0733. The first-order chi connectivity index (χ1) is 14.0. The molecule has 156 valence electrons. The highest BCUT2D eigenvalue weighted by atomic mass is 32.2. The summed E-state index contributed by atoms with van der Waals surface area (Å²) in [6.45, 7) is 1.55. The topological polar surface area (TPSA) is 75.7 Å². The van der Waals surface area contributed by atoms with Gasteiger partial charge in [0.2, 0.25) is 15.9 Å². The Morgan fingerprint density at radius 2 is 1.69 bits per heavy atom. The van der Waals surface area contributed by atoms with Crippen molar-refractivity contribution in [2.75, 3.05) is 26.0 Å². The third-order valence-electron chi connectivity index (χ3n) is 4.80. The van der Waals surface area contributed by atoms with E-state index in [9.17, 15) is 13.2 Å². The Hall–Kier alpha value is -2.03. The van der Waals surface area contributed by atoms with Gasteiger partial charge in [-0.2, -0.15) is 4.31 Å². The summed E-state index contributed by atoms with van der Waals surface area (Å²) in [5.74, 6) is 1.02. The van der Waals surface area contributed by atoms with Crippen LogP contribution in [0.15, 0.2) is 58.3 Å². The first-order valence-electron chi connectivity index (χ1n) is 9.62. The number of sulfonamides is 1. The van der Waals surface area contributed by atoms with Crippen LogP contribution in [0.4, 0.5) is 0 Å². The van der Waals surface area contributed by atoms with Gasteiger partial charge < -0.3 is 10.1 Å². The van der Waals surface area contributed by atoms with Gasteiger partial charge in [0.1, 0.15) is 5.75 Å². The number of ether oxygens (including phenoxy) is 1. The van der Waals surface area contributed by atoms with Crippen LogP contribution in [-0.2, 0) is 21.4 Å². The molecule has 3 rings (SSSR count). The zero-order chi connectivity index (χ0) is 20.7. The quantitative estimate of drug-likeness (QED) is 0.646. The molecule has 1 aliphatic rings. The van der Waals surface area contributed by atoms with E-state index >= 15 is 0 Å². The van der Waals surface area contributed by atoms with Gasteiger partial charge in [0.15, 0.2) is 0 Å². The van der Waals surface area contributed by atoms with Gasteiger partial charge in [-0.25, -0.2) is 8.42 Å². The number of amides is 1. The first-order valence-corrected chi connectivity index (χ1v) is 12.0. The molecule has 0 bridgehead atoms.